The van der Waals surface area contributed by atoms with E-state index in [1.807, 2.05) is 0 Å². The molecule has 4 nitrogen and oxygen atoms in total. The molecule has 0 unspecified atom stereocenters. The maximum Gasteiger partial charge on any atom is 0.433 e. The molecule has 0 spiro atoms. The number of carbonyl (C=O) groups is 1. The highest BCUT2D eigenvalue weighted by molar-refractivity contribution is 5.79. The number of carbonyl (C=O) groups excluding carboxylic acids is 1. The SMILES string of the molecule is CCOc1cc(C=O)cc(/C=C/c2nccc(C(F)(F)F)n2)c1. The highest BCUT2D eigenvalue weighted by Crippen LogP contribution is 2.27. The Hall–Kier alpha value is -2.70. The van der Waals surface area contributed by atoms with Crippen LogP contribution in [0.1, 0.15) is 34.4 Å². The average molecular weight is 322 g/mol. The molecule has 1 heterocycles. The van der Waals surface area contributed by atoms with Gasteiger partial charge in [-0.3, -0.25) is 4.79 Å². The molecule has 0 aliphatic carbocycles. The monoisotopic (exact) mass is 322 g/mol. The van der Waals surface area contributed by atoms with Gasteiger partial charge in [-0.2, -0.15) is 13.2 Å². The fraction of sp³-hybridized carbons (Fsp3) is 0.188. The fourth-order valence-electron chi connectivity index (χ4n) is 1.84. The topological polar surface area (TPSA) is 52.1 Å². The number of aromatic nitrogens is 2. The number of hydrogen-bond donors (Lipinski definition) is 0. The van der Waals surface area contributed by atoms with Gasteiger partial charge in [0, 0.05) is 11.8 Å². The van der Waals surface area contributed by atoms with Gasteiger partial charge in [-0.1, -0.05) is 6.08 Å². The quantitative estimate of drug-likeness (QED) is 0.784. The smallest absolute Gasteiger partial charge is 0.433 e. The van der Waals surface area contributed by atoms with E-state index >= 15 is 0 Å². The summed E-state index contributed by atoms with van der Waals surface area (Å²) >= 11 is 0. The van der Waals surface area contributed by atoms with E-state index in [0.29, 0.717) is 29.8 Å². The van der Waals surface area contributed by atoms with Crippen molar-refractivity contribution in [2.45, 2.75) is 13.1 Å². The fourth-order valence-corrected chi connectivity index (χ4v) is 1.84. The van der Waals surface area contributed by atoms with E-state index in [2.05, 4.69) is 9.97 Å². The molecule has 0 fully saturated rings. The average Bonchev–Trinajstić information content (AvgIpc) is 2.52. The normalized spacial score (nSPS) is 11.7. The molecule has 1 aromatic carbocycles. The molecule has 0 N–H and O–H groups in total. The van der Waals surface area contributed by atoms with Crippen molar-refractivity contribution >= 4 is 18.4 Å². The summed E-state index contributed by atoms with van der Waals surface area (Å²) in [6, 6.07) is 5.63. The number of ether oxygens (including phenoxy) is 1. The van der Waals surface area contributed by atoms with Gasteiger partial charge in [0.15, 0.2) is 5.82 Å². The van der Waals surface area contributed by atoms with Crippen LogP contribution in [0.15, 0.2) is 30.5 Å². The molecule has 2 aromatic rings. The maximum absolute atomic E-state index is 12.6. The molecule has 2 rings (SSSR count). The molecule has 0 atom stereocenters. The second-order valence-electron chi connectivity index (χ2n) is 4.52. The van der Waals surface area contributed by atoms with Gasteiger partial charge in [0.2, 0.25) is 0 Å². The molecule has 0 amide bonds. The van der Waals surface area contributed by atoms with Crippen molar-refractivity contribution in [3.63, 3.8) is 0 Å². The van der Waals surface area contributed by atoms with Crippen LogP contribution in [0.5, 0.6) is 5.75 Å². The minimum atomic E-state index is -4.52. The number of hydrogen-bond acceptors (Lipinski definition) is 4. The predicted molar refractivity (Wildman–Crippen MR) is 79.0 cm³/mol. The van der Waals surface area contributed by atoms with Gasteiger partial charge in [-0.05, 0) is 42.8 Å². The summed E-state index contributed by atoms with van der Waals surface area (Å²) in [7, 11) is 0. The lowest BCUT2D eigenvalue weighted by atomic mass is 10.1. The third-order valence-electron chi connectivity index (χ3n) is 2.79. The van der Waals surface area contributed by atoms with Crippen LogP contribution in [0.25, 0.3) is 12.2 Å². The van der Waals surface area contributed by atoms with Crippen molar-refractivity contribution in [1.29, 1.82) is 0 Å². The Bertz CT molecular complexity index is 728. The number of rotatable bonds is 5. The summed E-state index contributed by atoms with van der Waals surface area (Å²) in [5.41, 5.74) is -0.0107. The van der Waals surface area contributed by atoms with Gasteiger partial charge in [-0.25, -0.2) is 9.97 Å². The summed E-state index contributed by atoms with van der Waals surface area (Å²) in [4.78, 5) is 18.1. The first-order chi connectivity index (χ1) is 10.9. The van der Waals surface area contributed by atoms with Gasteiger partial charge in [0.25, 0.3) is 0 Å². The maximum atomic E-state index is 12.6. The predicted octanol–water partition coefficient (Wildman–Crippen LogP) is 3.88. The summed E-state index contributed by atoms with van der Waals surface area (Å²) < 4.78 is 43.1. The number of aldehydes is 1. The van der Waals surface area contributed by atoms with Crippen molar-refractivity contribution in [3.05, 3.63) is 53.1 Å². The molecule has 0 radical (unpaired) electrons. The molecule has 23 heavy (non-hydrogen) atoms. The van der Waals surface area contributed by atoms with Crippen LogP contribution < -0.4 is 4.74 Å². The third kappa shape index (κ3) is 4.64. The lowest BCUT2D eigenvalue weighted by Crippen LogP contribution is -2.08. The summed E-state index contributed by atoms with van der Waals surface area (Å²) in [5, 5.41) is 0. The summed E-state index contributed by atoms with van der Waals surface area (Å²) in [6.07, 6.45) is 0.0502. The lowest BCUT2D eigenvalue weighted by molar-refractivity contribution is -0.141. The molecule has 0 saturated carbocycles. The van der Waals surface area contributed by atoms with Gasteiger partial charge in [0.1, 0.15) is 17.7 Å². The Labute approximate surface area is 130 Å². The van der Waals surface area contributed by atoms with E-state index < -0.39 is 11.9 Å². The lowest BCUT2D eigenvalue weighted by Gasteiger charge is -2.06. The molecule has 0 saturated heterocycles. The van der Waals surface area contributed by atoms with Crippen molar-refractivity contribution in [3.8, 4) is 5.75 Å². The Morgan fingerprint density at radius 3 is 2.57 bits per heavy atom. The number of benzene rings is 1. The zero-order valence-corrected chi connectivity index (χ0v) is 12.2. The molecule has 0 aliphatic rings. The van der Waals surface area contributed by atoms with Gasteiger partial charge < -0.3 is 4.74 Å². The second-order valence-corrected chi connectivity index (χ2v) is 4.52. The van der Waals surface area contributed by atoms with Crippen LogP contribution in [-0.2, 0) is 6.18 Å². The van der Waals surface area contributed by atoms with Crippen molar-refractivity contribution in [2.75, 3.05) is 6.61 Å². The Balaban J connectivity index is 2.29. The van der Waals surface area contributed by atoms with Crippen molar-refractivity contribution in [2.24, 2.45) is 0 Å². The van der Waals surface area contributed by atoms with Crippen LogP contribution in [0.4, 0.5) is 13.2 Å². The van der Waals surface area contributed by atoms with Gasteiger partial charge in [0.05, 0.1) is 6.61 Å². The summed E-state index contributed by atoms with van der Waals surface area (Å²) in [5.74, 6) is 0.427. The molecule has 7 heteroatoms. The van der Waals surface area contributed by atoms with Crippen LogP contribution in [0.3, 0.4) is 0 Å². The van der Waals surface area contributed by atoms with Crippen LogP contribution >= 0.6 is 0 Å². The number of halogens is 3. The Kier molecular flexibility index (Phi) is 5.10. The molecule has 0 aliphatic heterocycles. The standard InChI is InChI=1S/C16H13F3N2O2/c1-2-23-13-8-11(7-12(9-13)10-22)3-4-15-20-6-5-14(21-15)16(17,18)19/h3-10H,2H2,1H3/b4-3+. The molecule has 1 aromatic heterocycles. The molecular formula is C16H13F3N2O2. The second kappa shape index (κ2) is 7.04. The van der Waals surface area contributed by atoms with Gasteiger partial charge >= 0.3 is 6.18 Å². The molecule has 0 bridgehead atoms. The minimum Gasteiger partial charge on any atom is -0.494 e. The first-order valence-electron chi connectivity index (χ1n) is 6.73. The highest BCUT2D eigenvalue weighted by Gasteiger charge is 2.32. The van der Waals surface area contributed by atoms with E-state index in [1.54, 1.807) is 25.1 Å². The van der Waals surface area contributed by atoms with E-state index in [4.69, 9.17) is 4.74 Å². The van der Waals surface area contributed by atoms with E-state index in [-0.39, 0.29) is 5.82 Å². The molecular weight excluding hydrogens is 309 g/mol. The third-order valence-corrected chi connectivity index (χ3v) is 2.79. The van der Waals surface area contributed by atoms with Crippen molar-refractivity contribution < 1.29 is 22.7 Å². The zero-order chi connectivity index (χ0) is 16.9. The van der Waals surface area contributed by atoms with E-state index in [9.17, 15) is 18.0 Å². The first-order valence-corrected chi connectivity index (χ1v) is 6.73. The van der Waals surface area contributed by atoms with E-state index in [0.717, 1.165) is 12.3 Å². The number of alkyl halides is 3. The first kappa shape index (κ1) is 16.7. The van der Waals surface area contributed by atoms with Gasteiger partial charge in [-0.15, -0.1) is 0 Å². The van der Waals surface area contributed by atoms with Crippen LogP contribution in [0, 0.1) is 0 Å². The zero-order valence-electron chi connectivity index (χ0n) is 12.2. The minimum absolute atomic E-state index is 0.0747. The highest BCUT2D eigenvalue weighted by atomic mass is 19.4. The van der Waals surface area contributed by atoms with Crippen LogP contribution in [-0.4, -0.2) is 22.9 Å². The number of nitrogens with zero attached hydrogens (tertiary/aromatic N) is 2. The van der Waals surface area contributed by atoms with Crippen LogP contribution in [0.2, 0.25) is 0 Å². The largest absolute Gasteiger partial charge is 0.494 e. The Morgan fingerprint density at radius 2 is 1.91 bits per heavy atom. The van der Waals surface area contributed by atoms with Crippen molar-refractivity contribution in [1.82, 2.24) is 9.97 Å². The summed E-state index contributed by atoms with van der Waals surface area (Å²) in [6.45, 7) is 2.24. The molecule has 120 valence electrons. The Morgan fingerprint density at radius 1 is 1.17 bits per heavy atom. The van der Waals surface area contributed by atoms with E-state index in [1.165, 1.54) is 12.2 Å².